The standard InChI is InChI=1S/C9H10BrN5O2S/c1-5-2-6(10)3-12-9(5)15-18(16,17)7-4-13-14-8(7)11/h2-4H,1H3,(H,12,15)(H3,11,13,14). The monoisotopic (exact) mass is 331 g/mol. The van der Waals surface area contributed by atoms with Crippen LogP contribution in [0.25, 0.3) is 0 Å². The van der Waals surface area contributed by atoms with Crippen LogP contribution in [0.5, 0.6) is 0 Å². The minimum atomic E-state index is -3.78. The predicted octanol–water partition coefficient (Wildman–Crippen LogP) is 1.26. The summed E-state index contributed by atoms with van der Waals surface area (Å²) in [7, 11) is -3.78. The molecule has 0 aliphatic rings. The highest BCUT2D eigenvalue weighted by atomic mass is 79.9. The molecule has 0 bridgehead atoms. The van der Waals surface area contributed by atoms with Crippen molar-refractivity contribution in [2.24, 2.45) is 0 Å². The van der Waals surface area contributed by atoms with Crippen molar-refractivity contribution >= 4 is 37.6 Å². The smallest absolute Gasteiger partial charge is 0.268 e. The highest BCUT2D eigenvalue weighted by Gasteiger charge is 2.20. The second-order valence-electron chi connectivity index (χ2n) is 3.57. The molecule has 18 heavy (non-hydrogen) atoms. The quantitative estimate of drug-likeness (QED) is 0.783. The molecule has 96 valence electrons. The van der Waals surface area contributed by atoms with Gasteiger partial charge in [0.1, 0.15) is 16.5 Å². The molecule has 7 nitrogen and oxygen atoms in total. The maximum absolute atomic E-state index is 12.0. The van der Waals surface area contributed by atoms with Gasteiger partial charge in [0.15, 0.2) is 0 Å². The van der Waals surface area contributed by atoms with Crippen LogP contribution in [-0.4, -0.2) is 23.6 Å². The molecule has 0 saturated carbocycles. The number of aromatic nitrogens is 3. The Morgan fingerprint density at radius 1 is 1.44 bits per heavy atom. The molecule has 2 aromatic rings. The Hall–Kier alpha value is -1.61. The second-order valence-corrected chi connectivity index (χ2v) is 6.14. The average molecular weight is 332 g/mol. The number of nitrogen functional groups attached to an aromatic ring is 1. The normalized spacial score (nSPS) is 11.4. The third-order valence-corrected chi connectivity index (χ3v) is 4.00. The first-order valence-corrected chi connectivity index (χ1v) is 7.11. The molecule has 9 heteroatoms. The highest BCUT2D eigenvalue weighted by molar-refractivity contribution is 9.10. The van der Waals surface area contributed by atoms with E-state index in [1.165, 1.54) is 6.20 Å². The number of pyridine rings is 1. The molecule has 2 aromatic heterocycles. The molecule has 4 N–H and O–H groups in total. The molecule has 0 amide bonds. The lowest BCUT2D eigenvalue weighted by Gasteiger charge is -2.08. The van der Waals surface area contributed by atoms with Gasteiger partial charge in [-0.15, -0.1) is 0 Å². The van der Waals surface area contributed by atoms with Crippen molar-refractivity contribution in [3.05, 3.63) is 28.5 Å². The first-order valence-electron chi connectivity index (χ1n) is 4.84. The van der Waals surface area contributed by atoms with Gasteiger partial charge in [-0.1, -0.05) is 0 Å². The van der Waals surface area contributed by atoms with E-state index in [-0.39, 0.29) is 16.5 Å². The molecule has 0 aromatic carbocycles. The summed E-state index contributed by atoms with van der Waals surface area (Å²) in [6.45, 7) is 1.74. The number of nitrogens with two attached hydrogens (primary N) is 1. The summed E-state index contributed by atoms with van der Waals surface area (Å²) in [4.78, 5) is 3.89. The number of hydrogen-bond acceptors (Lipinski definition) is 5. The minimum Gasteiger partial charge on any atom is -0.383 e. The fourth-order valence-electron chi connectivity index (χ4n) is 1.33. The first-order chi connectivity index (χ1) is 8.40. The Kier molecular flexibility index (Phi) is 3.26. The summed E-state index contributed by atoms with van der Waals surface area (Å²) < 4.78 is 27.2. The van der Waals surface area contributed by atoms with Gasteiger partial charge in [0.2, 0.25) is 0 Å². The largest absolute Gasteiger partial charge is 0.383 e. The molecule has 0 radical (unpaired) electrons. The Morgan fingerprint density at radius 3 is 2.72 bits per heavy atom. The third kappa shape index (κ3) is 2.46. The van der Waals surface area contributed by atoms with Gasteiger partial charge in [0.05, 0.1) is 6.20 Å². The number of nitrogens with zero attached hydrogens (tertiary/aromatic N) is 2. The van der Waals surface area contributed by atoms with E-state index in [1.54, 1.807) is 13.0 Å². The number of nitrogens with one attached hydrogen (secondary N) is 2. The zero-order chi connectivity index (χ0) is 13.3. The van der Waals surface area contributed by atoms with Gasteiger partial charge in [0, 0.05) is 10.7 Å². The van der Waals surface area contributed by atoms with E-state index < -0.39 is 10.0 Å². The summed E-state index contributed by atoms with van der Waals surface area (Å²) in [5, 5.41) is 5.93. The van der Waals surface area contributed by atoms with Crippen LogP contribution in [0, 0.1) is 6.92 Å². The Labute approximate surface area is 112 Å². The van der Waals surface area contributed by atoms with Crippen molar-refractivity contribution in [3.63, 3.8) is 0 Å². The summed E-state index contributed by atoms with van der Waals surface area (Å²) in [6.07, 6.45) is 2.65. The Balaban J connectivity index is 2.37. The van der Waals surface area contributed by atoms with Crippen molar-refractivity contribution in [2.45, 2.75) is 11.8 Å². The van der Waals surface area contributed by atoms with Crippen molar-refractivity contribution in [2.75, 3.05) is 10.5 Å². The molecule has 2 heterocycles. The number of rotatable bonds is 3. The van der Waals surface area contributed by atoms with E-state index in [0.717, 1.165) is 10.7 Å². The van der Waals surface area contributed by atoms with E-state index in [4.69, 9.17) is 5.73 Å². The molecule has 0 unspecified atom stereocenters. The molecule has 0 aliphatic heterocycles. The fraction of sp³-hybridized carbons (Fsp3) is 0.111. The highest BCUT2D eigenvalue weighted by Crippen LogP contribution is 2.21. The van der Waals surface area contributed by atoms with E-state index in [9.17, 15) is 8.42 Å². The van der Waals surface area contributed by atoms with Gasteiger partial charge >= 0.3 is 0 Å². The molecular formula is C9H10BrN5O2S. The van der Waals surface area contributed by atoms with Crippen LogP contribution in [0.2, 0.25) is 0 Å². The predicted molar refractivity (Wildman–Crippen MR) is 70.5 cm³/mol. The number of anilines is 2. The van der Waals surface area contributed by atoms with Gasteiger partial charge in [0.25, 0.3) is 10.0 Å². The van der Waals surface area contributed by atoms with Crippen LogP contribution < -0.4 is 10.5 Å². The third-order valence-electron chi connectivity index (χ3n) is 2.20. The topological polar surface area (TPSA) is 114 Å². The second kappa shape index (κ2) is 4.58. The van der Waals surface area contributed by atoms with Gasteiger partial charge in [-0.05, 0) is 34.5 Å². The lowest BCUT2D eigenvalue weighted by molar-refractivity contribution is 0.601. The van der Waals surface area contributed by atoms with Gasteiger partial charge in [-0.3, -0.25) is 9.82 Å². The van der Waals surface area contributed by atoms with Crippen LogP contribution in [0.3, 0.4) is 0 Å². The van der Waals surface area contributed by atoms with Crippen molar-refractivity contribution in [1.29, 1.82) is 0 Å². The van der Waals surface area contributed by atoms with E-state index in [1.807, 2.05) is 0 Å². The molecule has 2 rings (SSSR count). The number of halogens is 1. The van der Waals surface area contributed by atoms with E-state index in [2.05, 4.69) is 35.8 Å². The van der Waals surface area contributed by atoms with Crippen LogP contribution in [0.15, 0.2) is 27.8 Å². The van der Waals surface area contributed by atoms with Crippen LogP contribution >= 0.6 is 15.9 Å². The van der Waals surface area contributed by atoms with Crippen LogP contribution in [0.4, 0.5) is 11.6 Å². The molecule has 0 fully saturated rings. The number of aromatic amines is 1. The van der Waals surface area contributed by atoms with Gasteiger partial charge in [-0.2, -0.15) is 5.10 Å². The number of aryl methyl sites for hydroxylation is 1. The SMILES string of the molecule is Cc1cc(Br)cnc1NS(=O)(=O)c1cn[nH]c1N. The fourth-order valence-corrected chi connectivity index (χ4v) is 2.88. The summed E-state index contributed by atoms with van der Waals surface area (Å²) in [5.74, 6) is 0.232. The zero-order valence-corrected chi connectivity index (χ0v) is 11.7. The number of sulfonamides is 1. The molecular weight excluding hydrogens is 322 g/mol. The Bertz CT molecular complexity index is 682. The molecule has 0 spiro atoms. The van der Waals surface area contributed by atoms with Crippen LogP contribution in [-0.2, 0) is 10.0 Å². The summed E-state index contributed by atoms with van der Waals surface area (Å²) in [5.41, 5.74) is 6.17. The van der Waals surface area contributed by atoms with Crippen molar-refractivity contribution < 1.29 is 8.42 Å². The summed E-state index contributed by atoms with van der Waals surface area (Å²) >= 11 is 3.25. The maximum atomic E-state index is 12.0. The lowest BCUT2D eigenvalue weighted by atomic mass is 10.3. The lowest BCUT2D eigenvalue weighted by Crippen LogP contribution is -2.15. The van der Waals surface area contributed by atoms with Gasteiger partial charge < -0.3 is 5.73 Å². The van der Waals surface area contributed by atoms with Crippen molar-refractivity contribution in [3.8, 4) is 0 Å². The average Bonchev–Trinajstić information content (AvgIpc) is 2.69. The number of hydrogen-bond donors (Lipinski definition) is 3. The minimum absolute atomic E-state index is 0.0164. The number of H-pyrrole nitrogens is 1. The van der Waals surface area contributed by atoms with E-state index >= 15 is 0 Å². The zero-order valence-electron chi connectivity index (χ0n) is 9.31. The maximum Gasteiger partial charge on any atom is 0.268 e. The Morgan fingerprint density at radius 2 is 2.17 bits per heavy atom. The molecule has 0 saturated heterocycles. The first kappa shape index (κ1) is 12.8. The van der Waals surface area contributed by atoms with E-state index in [0.29, 0.717) is 5.56 Å². The summed E-state index contributed by atoms with van der Waals surface area (Å²) in [6, 6.07) is 1.75. The molecule has 0 atom stereocenters. The molecule has 0 aliphatic carbocycles. The van der Waals surface area contributed by atoms with Crippen LogP contribution in [0.1, 0.15) is 5.56 Å². The van der Waals surface area contributed by atoms with Crippen molar-refractivity contribution in [1.82, 2.24) is 15.2 Å². The van der Waals surface area contributed by atoms with Gasteiger partial charge in [-0.25, -0.2) is 13.4 Å².